The summed E-state index contributed by atoms with van der Waals surface area (Å²) >= 11 is 1.23. The molecule has 0 atom stereocenters. The van der Waals surface area contributed by atoms with Gasteiger partial charge >= 0.3 is 7.82 Å². The molecule has 8 heteroatoms. The largest absolute Gasteiger partial charge is 0.668 e. The van der Waals surface area contributed by atoms with E-state index in [1.54, 1.807) is 60.7 Å². The van der Waals surface area contributed by atoms with Crippen LogP contribution in [0.15, 0.2) is 113 Å². The lowest BCUT2D eigenvalue weighted by atomic mass is 10.1. The fourth-order valence-electron chi connectivity index (χ4n) is 2.74. The highest BCUT2D eigenvalue weighted by atomic mass is 32.2. The molecule has 32 heavy (non-hydrogen) atoms. The van der Waals surface area contributed by atoms with Gasteiger partial charge in [0.25, 0.3) is 0 Å². The highest BCUT2D eigenvalue weighted by molar-refractivity contribution is 8.18. The van der Waals surface area contributed by atoms with Crippen molar-refractivity contribution in [3.8, 4) is 17.6 Å². The molecule has 0 unspecified atom stereocenters. The zero-order chi connectivity index (χ0) is 22.2. The molecule has 0 bridgehead atoms. The third kappa shape index (κ3) is 5.50. The Morgan fingerprint density at radius 2 is 1.34 bits per heavy atom. The number of thioether (sulfide) groups is 1. The minimum atomic E-state index is -4.14. The summed E-state index contributed by atoms with van der Waals surface area (Å²) in [7, 11) is -4.14. The van der Waals surface area contributed by atoms with Crippen molar-refractivity contribution in [2.45, 2.75) is 0 Å². The zero-order valence-corrected chi connectivity index (χ0v) is 18.4. The van der Waals surface area contributed by atoms with E-state index in [1.807, 2.05) is 42.5 Å². The van der Waals surface area contributed by atoms with E-state index in [-0.39, 0.29) is 0 Å². The van der Waals surface area contributed by atoms with Crippen LogP contribution in [0.1, 0.15) is 5.56 Å². The third-order valence-corrected chi connectivity index (χ3v) is 6.29. The first-order valence-corrected chi connectivity index (χ1v) is 11.8. The van der Waals surface area contributed by atoms with Gasteiger partial charge in [-0.05, 0) is 42.0 Å². The van der Waals surface area contributed by atoms with E-state index in [2.05, 4.69) is 11.2 Å². The van der Waals surface area contributed by atoms with E-state index in [9.17, 15) is 9.83 Å². The first-order valence-electron chi connectivity index (χ1n) is 9.57. The van der Waals surface area contributed by atoms with Crippen LogP contribution in [-0.2, 0) is 9.19 Å². The Labute approximate surface area is 190 Å². The van der Waals surface area contributed by atoms with Gasteiger partial charge in [0.1, 0.15) is 22.6 Å². The molecule has 0 N–H and O–H groups in total. The second-order valence-corrected chi connectivity index (χ2v) is 8.90. The van der Waals surface area contributed by atoms with Crippen molar-refractivity contribution >= 4 is 30.2 Å². The molecule has 0 saturated carbocycles. The standard InChI is InChI=1S/C24H17N2O4PS/c25-18-22(19-10-4-1-5-11-19)23-16-17-24(32-23)26-30-31(27,28-20-12-6-2-7-13-20)29-21-14-8-3-9-15-21/h1-17H/b23-22-,26-24+. The summed E-state index contributed by atoms with van der Waals surface area (Å²) in [4.78, 5) is 0.712. The van der Waals surface area contributed by atoms with Gasteiger partial charge in [-0.25, -0.2) is 0 Å². The maximum atomic E-state index is 13.3. The maximum absolute atomic E-state index is 13.3. The smallest absolute Gasteiger partial charge is 0.385 e. The molecule has 1 aliphatic heterocycles. The molecule has 4 rings (SSSR count). The lowest BCUT2D eigenvalue weighted by Crippen LogP contribution is -2.03. The van der Waals surface area contributed by atoms with Gasteiger partial charge in [0, 0.05) is 4.91 Å². The predicted molar refractivity (Wildman–Crippen MR) is 126 cm³/mol. The number of hydrogen-bond donors (Lipinski definition) is 0. The lowest BCUT2D eigenvalue weighted by Gasteiger charge is -2.16. The monoisotopic (exact) mass is 460 g/mol. The number of nitrogens with zero attached hydrogens (tertiary/aromatic N) is 2. The molecular formula is C24H17N2O4PS. The van der Waals surface area contributed by atoms with E-state index in [1.165, 1.54) is 11.8 Å². The first kappa shape index (κ1) is 21.5. The van der Waals surface area contributed by atoms with E-state index >= 15 is 0 Å². The van der Waals surface area contributed by atoms with Gasteiger partial charge in [0.05, 0.1) is 5.57 Å². The molecule has 0 radical (unpaired) electrons. The lowest BCUT2D eigenvalue weighted by molar-refractivity contribution is 0.219. The fourth-order valence-corrected chi connectivity index (χ4v) is 4.69. The molecule has 0 fully saturated rings. The summed E-state index contributed by atoms with van der Waals surface area (Å²) in [6.07, 6.45) is 3.44. The number of benzene rings is 3. The van der Waals surface area contributed by atoms with Crippen molar-refractivity contribution < 1.29 is 18.2 Å². The van der Waals surface area contributed by atoms with Crippen LogP contribution in [0.25, 0.3) is 5.57 Å². The van der Waals surface area contributed by atoms with Gasteiger partial charge in [0.2, 0.25) is 0 Å². The second kappa shape index (κ2) is 10.1. The Hall–Kier alpha value is -3.72. The van der Waals surface area contributed by atoms with Crippen molar-refractivity contribution in [3.05, 3.63) is 114 Å². The van der Waals surface area contributed by atoms with Crippen LogP contribution < -0.4 is 9.05 Å². The highest BCUT2D eigenvalue weighted by Gasteiger charge is 2.33. The molecule has 1 aliphatic rings. The summed E-state index contributed by atoms with van der Waals surface area (Å²) in [5, 5.41) is 14.0. The van der Waals surface area contributed by atoms with E-state index in [0.717, 1.165) is 5.56 Å². The van der Waals surface area contributed by atoms with Gasteiger partial charge < -0.3 is 9.05 Å². The van der Waals surface area contributed by atoms with Gasteiger partial charge in [-0.2, -0.15) is 9.83 Å². The van der Waals surface area contributed by atoms with E-state index in [0.29, 0.717) is 27.0 Å². The maximum Gasteiger partial charge on any atom is 0.668 e. The van der Waals surface area contributed by atoms with Crippen LogP contribution in [0.3, 0.4) is 0 Å². The topological polar surface area (TPSA) is 80.9 Å². The molecule has 158 valence electrons. The van der Waals surface area contributed by atoms with E-state index in [4.69, 9.17) is 13.7 Å². The molecule has 0 aromatic heterocycles. The molecule has 0 spiro atoms. The number of phosphoric acid groups is 1. The van der Waals surface area contributed by atoms with Gasteiger partial charge in [0.15, 0.2) is 0 Å². The number of allylic oxidation sites excluding steroid dienone is 2. The minimum absolute atomic E-state index is 0.318. The predicted octanol–water partition coefficient (Wildman–Crippen LogP) is 6.82. The summed E-state index contributed by atoms with van der Waals surface area (Å²) in [6.45, 7) is 0. The number of oxime groups is 1. The summed E-state index contributed by atoms with van der Waals surface area (Å²) in [5.74, 6) is 0.635. The van der Waals surface area contributed by atoms with Crippen molar-refractivity contribution in [2.75, 3.05) is 0 Å². The fraction of sp³-hybridized carbons (Fsp3) is 0. The Balaban J connectivity index is 1.55. The van der Waals surface area contributed by atoms with Gasteiger partial charge in [-0.1, -0.05) is 83.6 Å². The number of para-hydroxylation sites is 2. The molecule has 0 aliphatic carbocycles. The third-order valence-electron chi connectivity index (χ3n) is 4.16. The average Bonchev–Trinajstić information content (AvgIpc) is 3.29. The number of rotatable bonds is 7. The van der Waals surface area contributed by atoms with Crippen molar-refractivity contribution in [3.63, 3.8) is 0 Å². The van der Waals surface area contributed by atoms with Crippen LogP contribution >= 0.6 is 19.6 Å². The quantitative estimate of drug-likeness (QED) is 0.219. The molecule has 0 amide bonds. The van der Waals surface area contributed by atoms with Crippen LogP contribution in [0.2, 0.25) is 0 Å². The van der Waals surface area contributed by atoms with Crippen LogP contribution in [0.4, 0.5) is 0 Å². The highest BCUT2D eigenvalue weighted by Crippen LogP contribution is 2.50. The Kier molecular flexibility index (Phi) is 6.76. The van der Waals surface area contributed by atoms with E-state index < -0.39 is 7.82 Å². The normalized spacial score (nSPS) is 15.8. The molecular weight excluding hydrogens is 443 g/mol. The van der Waals surface area contributed by atoms with Crippen molar-refractivity contribution in [1.29, 1.82) is 5.26 Å². The van der Waals surface area contributed by atoms with Gasteiger partial charge in [-0.3, -0.25) is 4.62 Å². The molecule has 3 aromatic rings. The average molecular weight is 460 g/mol. The zero-order valence-electron chi connectivity index (χ0n) is 16.7. The van der Waals surface area contributed by atoms with Gasteiger partial charge in [-0.15, -0.1) is 0 Å². The molecule has 1 heterocycles. The van der Waals surface area contributed by atoms with Crippen LogP contribution in [0.5, 0.6) is 11.5 Å². The number of phosphoric ester groups is 1. The van der Waals surface area contributed by atoms with Crippen molar-refractivity contribution in [1.82, 2.24) is 0 Å². The Morgan fingerprint density at radius 3 is 1.88 bits per heavy atom. The Morgan fingerprint density at radius 1 is 0.812 bits per heavy atom. The SMILES string of the molecule is N#C/C(=C1C=C/C(=N\OP(=O)(Oc2ccccc2)Oc2ccccc2)S\1)c1ccccc1. The van der Waals surface area contributed by atoms with Crippen molar-refractivity contribution in [2.24, 2.45) is 5.16 Å². The second-order valence-electron chi connectivity index (χ2n) is 6.42. The molecule has 0 saturated heterocycles. The van der Waals surface area contributed by atoms with Crippen LogP contribution in [-0.4, -0.2) is 5.04 Å². The first-order chi connectivity index (χ1) is 15.6. The Bertz CT molecular complexity index is 1210. The minimum Gasteiger partial charge on any atom is -0.385 e. The molecule has 3 aromatic carbocycles. The summed E-state index contributed by atoms with van der Waals surface area (Å²) in [6, 6.07) is 28.7. The molecule has 6 nitrogen and oxygen atoms in total. The number of hydrogen-bond acceptors (Lipinski definition) is 7. The summed E-state index contributed by atoms with van der Waals surface area (Å²) < 4.78 is 29.7. The number of nitriles is 1. The summed E-state index contributed by atoms with van der Waals surface area (Å²) in [5.41, 5.74) is 1.32. The van der Waals surface area contributed by atoms with Crippen LogP contribution in [0, 0.1) is 11.3 Å².